The van der Waals surface area contributed by atoms with Crippen molar-refractivity contribution in [1.29, 1.82) is 0 Å². The molecule has 0 N–H and O–H groups in total. The molecule has 0 bridgehead atoms. The third kappa shape index (κ3) is 3.90. The summed E-state index contributed by atoms with van der Waals surface area (Å²) in [6.45, 7) is 4.49. The van der Waals surface area contributed by atoms with Crippen LogP contribution in [-0.2, 0) is 13.1 Å². The molecule has 2 aromatic heterocycles. The van der Waals surface area contributed by atoms with Gasteiger partial charge in [0.1, 0.15) is 17.5 Å². The van der Waals surface area contributed by atoms with Gasteiger partial charge in [0.2, 0.25) is 0 Å². The Morgan fingerprint density at radius 3 is 2.53 bits per heavy atom. The monoisotopic (exact) mass is 546 g/mol. The Labute approximate surface area is 222 Å². The van der Waals surface area contributed by atoms with Gasteiger partial charge in [-0.15, -0.1) is 10.2 Å². The quantitative estimate of drug-likeness (QED) is 0.388. The number of pyridine rings is 1. The van der Waals surface area contributed by atoms with Crippen molar-refractivity contribution in [3.63, 3.8) is 0 Å². The fourth-order valence-corrected chi connectivity index (χ4v) is 6.97. The molecule has 7 rings (SSSR count). The number of hydrogen-bond donors (Lipinski definition) is 0. The Kier molecular flexibility index (Phi) is 5.37. The number of hydrogen-bond acceptors (Lipinski definition) is 5. The minimum absolute atomic E-state index is 0.116. The van der Waals surface area contributed by atoms with Crippen LogP contribution in [0.25, 0.3) is 5.69 Å². The highest BCUT2D eigenvalue weighted by atomic mass is 35.5. The number of benzene rings is 1. The summed E-state index contributed by atoms with van der Waals surface area (Å²) >= 11 is 6.34. The molecule has 1 aromatic carbocycles. The fourth-order valence-electron chi connectivity index (χ4n) is 6.78. The average molecular weight is 547 g/mol. The number of anilines is 1. The normalized spacial score (nSPS) is 24.7. The van der Waals surface area contributed by atoms with Gasteiger partial charge in [-0.3, -0.25) is 9.47 Å². The average Bonchev–Trinajstić information content (AvgIpc) is 3.08. The van der Waals surface area contributed by atoms with E-state index >= 15 is 0 Å². The zero-order valence-electron chi connectivity index (χ0n) is 20.8. The maximum Gasteiger partial charge on any atom is 0.391 e. The van der Waals surface area contributed by atoms with Crippen LogP contribution < -0.4 is 4.90 Å². The van der Waals surface area contributed by atoms with E-state index in [0.717, 1.165) is 54.6 Å². The first-order valence-electron chi connectivity index (χ1n) is 13.0. The molecule has 2 aliphatic carbocycles. The molecule has 0 amide bonds. The molecule has 38 heavy (non-hydrogen) atoms. The third-order valence-corrected chi connectivity index (χ3v) is 9.22. The van der Waals surface area contributed by atoms with Crippen LogP contribution in [0.3, 0.4) is 0 Å². The second kappa shape index (κ2) is 8.39. The summed E-state index contributed by atoms with van der Waals surface area (Å²) in [5.41, 5.74) is 2.73. The van der Waals surface area contributed by atoms with E-state index in [9.17, 15) is 17.6 Å². The number of rotatable bonds is 3. The highest BCUT2D eigenvalue weighted by molar-refractivity contribution is 6.30. The molecular formula is C27H27ClF4N6. The van der Waals surface area contributed by atoms with Crippen molar-refractivity contribution < 1.29 is 17.6 Å². The predicted molar refractivity (Wildman–Crippen MR) is 134 cm³/mol. The number of fused-ring (bicyclic) bond motifs is 3. The van der Waals surface area contributed by atoms with Crippen molar-refractivity contribution in [2.45, 2.75) is 63.8 Å². The van der Waals surface area contributed by atoms with E-state index in [2.05, 4.69) is 29.5 Å². The highest BCUT2D eigenvalue weighted by Crippen LogP contribution is 2.57. The van der Waals surface area contributed by atoms with Gasteiger partial charge < -0.3 is 4.90 Å². The van der Waals surface area contributed by atoms with Crippen LogP contribution in [0.1, 0.15) is 54.4 Å². The minimum Gasteiger partial charge on any atom is -0.355 e. The summed E-state index contributed by atoms with van der Waals surface area (Å²) in [6, 6.07) is 7.38. The van der Waals surface area contributed by atoms with Crippen molar-refractivity contribution in [3.8, 4) is 5.69 Å². The van der Waals surface area contributed by atoms with E-state index in [0.29, 0.717) is 23.7 Å². The molecule has 1 spiro atoms. The maximum atomic E-state index is 13.6. The van der Waals surface area contributed by atoms with Gasteiger partial charge >= 0.3 is 6.18 Å². The molecule has 4 aliphatic rings. The van der Waals surface area contributed by atoms with Gasteiger partial charge in [0.05, 0.1) is 24.3 Å². The summed E-state index contributed by atoms with van der Waals surface area (Å²) < 4.78 is 55.2. The van der Waals surface area contributed by atoms with Crippen molar-refractivity contribution in [2.75, 3.05) is 18.0 Å². The van der Waals surface area contributed by atoms with Gasteiger partial charge in [0, 0.05) is 42.0 Å². The van der Waals surface area contributed by atoms with Crippen LogP contribution in [0, 0.1) is 24.1 Å². The van der Waals surface area contributed by atoms with E-state index in [-0.39, 0.29) is 36.0 Å². The first-order valence-corrected chi connectivity index (χ1v) is 13.4. The minimum atomic E-state index is -4.14. The summed E-state index contributed by atoms with van der Waals surface area (Å²) in [4.78, 5) is 8.54. The Bertz CT molecular complexity index is 1400. The maximum absolute atomic E-state index is 13.6. The van der Waals surface area contributed by atoms with Gasteiger partial charge in [0.25, 0.3) is 0 Å². The molecule has 3 aromatic rings. The lowest BCUT2D eigenvalue weighted by atomic mass is 9.57. The molecule has 2 saturated carbocycles. The number of aryl methyl sites for hydroxylation is 1. The number of nitrogens with zero attached hydrogens (tertiary/aromatic N) is 6. The molecule has 11 heteroatoms. The van der Waals surface area contributed by atoms with Crippen LogP contribution in [0.4, 0.5) is 23.4 Å². The summed E-state index contributed by atoms with van der Waals surface area (Å²) in [5.74, 6) is 1.20. The van der Waals surface area contributed by atoms with Crippen molar-refractivity contribution >= 4 is 17.4 Å². The van der Waals surface area contributed by atoms with Crippen LogP contribution in [0.5, 0.6) is 0 Å². The molecule has 1 saturated heterocycles. The van der Waals surface area contributed by atoms with E-state index in [1.54, 1.807) is 13.0 Å². The van der Waals surface area contributed by atoms with Crippen molar-refractivity contribution in [1.82, 2.24) is 24.6 Å². The van der Waals surface area contributed by atoms with Crippen LogP contribution in [0.2, 0.25) is 5.02 Å². The number of halogens is 5. The lowest BCUT2D eigenvalue weighted by Crippen LogP contribution is -2.62. The Morgan fingerprint density at radius 2 is 1.82 bits per heavy atom. The highest BCUT2D eigenvalue weighted by Gasteiger charge is 2.55. The number of alkyl halides is 3. The van der Waals surface area contributed by atoms with Crippen molar-refractivity contribution in [2.24, 2.45) is 11.3 Å². The Balaban J connectivity index is 1.10. The number of aromatic nitrogens is 4. The van der Waals surface area contributed by atoms with E-state index in [1.807, 2.05) is 18.2 Å². The van der Waals surface area contributed by atoms with Crippen molar-refractivity contribution in [3.05, 3.63) is 64.1 Å². The zero-order valence-corrected chi connectivity index (χ0v) is 21.6. The molecule has 6 nitrogen and oxygen atoms in total. The van der Waals surface area contributed by atoms with E-state index in [1.165, 1.54) is 6.20 Å². The summed E-state index contributed by atoms with van der Waals surface area (Å²) in [6.07, 6.45) is -0.673. The molecule has 4 heterocycles. The molecule has 0 radical (unpaired) electrons. The van der Waals surface area contributed by atoms with E-state index in [4.69, 9.17) is 11.6 Å². The smallest absolute Gasteiger partial charge is 0.355 e. The van der Waals surface area contributed by atoms with Gasteiger partial charge in [-0.1, -0.05) is 11.6 Å². The lowest BCUT2D eigenvalue weighted by Gasteiger charge is -2.59. The Morgan fingerprint density at radius 1 is 1.05 bits per heavy atom. The molecular weight excluding hydrogens is 520 g/mol. The first-order chi connectivity index (χ1) is 18.1. The van der Waals surface area contributed by atoms with E-state index < -0.39 is 12.1 Å². The molecule has 2 aliphatic heterocycles. The SMILES string of the molecule is Cc1cc(N2CC3(CC(c4nnc5n4-c4ccc(Cl)cc4CN(C4CC(C(F)(F)F)C4)C5)C3)C2)ncc1F. The van der Waals surface area contributed by atoms with Crippen LogP contribution in [0.15, 0.2) is 30.5 Å². The standard InChI is InChI=1S/C27H27ClF4N6/c1-15-4-23(33-10-21(15)29)37-13-26(14-37)8-17(9-26)25-35-34-24-12-36(20-6-18(7-20)27(30,31)32)11-16-5-19(28)2-3-22(16)38(24)25/h2-5,10,17-18,20H,6-9,11-14H2,1H3. The largest absolute Gasteiger partial charge is 0.391 e. The molecule has 0 unspecified atom stereocenters. The molecule has 3 fully saturated rings. The van der Waals surface area contributed by atoms with Gasteiger partial charge in [-0.25, -0.2) is 9.37 Å². The second-order valence-electron chi connectivity index (χ2n) is 11.6. The van der Waals surface area contributed by atoms with Crippen LogP contribution >= 0.6 is 11.6 Å². The molecule has 200 valence electrons. The Hall–Kier alpha value is -2.72. The first kappa shape index (κ1) is 24.3. The second-order valence-corrected chi connectivity index (χ2v) is 12.0. The van der Waals surface area contributed by atoms with Gasteiger partial charge in [-0.05, 0) is 68.0 Å². The van der Waals surface area contributed by atoms with Gasteiger partial charge in [-0.2, -0.15) is 13.2 Å². The van der Waals surface area contributed by atoms with Gasteiger partial charge in [0.15, 0.2) is 5.82 Å². The molecule has 0 atom stereocenters. The predicted octanol–water partition coefficient (Wildman–Crippen LogP) is 5.80. The lowest BCUT2D eigenvalue weighted by molar-refractivity contribution is -0.207. The third-order valence-electron chi connectivity index (χ3n) is 8.98. The zero-order chi connectivity index (χ0) is 26.4. The fraction of sp³-hybridized carbons (Fsp3) is 0.519. The topological polar surface area (TPSA) is 50.1 Å². The van der Waals surface area contributed by atoms with Crippen LogP contribution in [-0.4, -0.2) is 50.0 Å². The summed E-state index contributed by atoms with van der Waals surface area (Å²) in [5, 5.41) is 9.74. The summed E-state index contributed by atoms with van der Waals surface area (Å²) in [7, 11) is 0.